The van der Waals surface area contributed by atoms with Gasteiger partial charge in [-0.3, -0.25) is 4.79 Å². The molecule has 2 rings (SSSR count). The van der Waals surface area contributed by atoms with Crippen molar-refractivity contribution in [2.75, 3.05) is 11.9 Å². The lowest BCUT2D eigenvalue weighted by Gasteiger charge is -2.05. The minimum absolute atomic E-state index is 0.0919. The Hall–Kier alpha value is -3.49. The van der Waals surface area contributed by atoms with Crippen molar-refractivity contribution in [3.63, 3.8) is 0 Å². The number of benzene rings is 1. The van der Waals surface area contributed by atoms with E-state index in [1.807, 2.05) is 0 Å². The van der Waals surface area contributed by atoms with Gasteiger partial charge >= 0.3 is 11.8 Å². The third-order valence-corrected chi connectivity index (χ3v) is 3.03. The van der Waals surface area contributed by atoms with Gasteiger partial charge in [-0.1, -0.05) is 12.1 Å². The zero-order chi connectivity index (χ0) is 18.2. The van der Waals surface area contributed by atoms with E-state index in [9.17, 15) is 19.7 Å². The Bertz CT molecular complexity index is 795. The highest BCUT2D eigenvalue weighted by Crippen LogP contribution is 2.12. The Balaban J connectivity index is 1.90. The highest BCUT2D eigenvalue weighted by atomic mass is 16.6. The molecular weight excluding hydrogens is 328 g/mol. The Morgan fingerprint density at radius 3 is 2.68 bits per heavy atom. The summed E-state index contributed by atoms with van der Waals surface area (Å²) in [5.41, 5.74) is 1.34. The first-order chi connectivity index (χ1) is 12.0. The molecule has 0 spiro atoms. The third kappa shape index (κ3) is 5.57. The summed E-state index contributed by atoms with van der Waals surface area (Å²) in [7, 11) is 0. The van der Waals surface area contributed by atoms with Gasteiger partial charge in [0.1, 0.15) is 12.7 Å². The van der Waals surface area contributed by atoms with Crippen LogP contribution in [0.4, 0.5) is 11.5 Å². The molecule has 9 nitrogen and oxygen atoms in total. The molecule has 1 amide bonds. The van der Waals surface area contributed by atoms with Crippen molar-refractivity contribution in [3.8, 4) is 0 Å². The molecule has 25 heavy (non-hydrogen) atoms. The molecule has 0 bridgehead atoms. The summed E-state index contributed by atoms with van der Waals surface area (Å²) in [6.07, 6.45) is 5.33. The predicted octanol–water partition coefficient (Wildman–Crippen LogP) is 2.01. The standard InChI is InChI=1S/C16H16N4O5/c1-2-25-16(22)8-5-12-3-6-13(7-4-12)18-15(21)10-19-9-14(17-11-19)20(23)24/h3-9,11H,2,10H2,1H3,(H,18,21). The number of amides is 1. The fourth-order valence-electron chi connectivity index (χ4n) is 1.93. The number of esters is 1. The van der Waals surface area contributed by atoms with Crippen LogP contribution in [0.15, 0.2) is 42.9 Å². The van der Waals surface area contributed by atoms with Crippen molar-refractivity contribution in [2.24, 2.45) is 0 Å². The minimum Gasteiger partial charge on any atom is -0.463 e. The molecule has 2 aromatic rings. The number of ether oxygens (including phenoxy) is 1. The van der Waals surface area contributed by atoms with Crippen LogP contribution in [-0.2, 0) is 20.9 Å². The Morgan fingerprint density at radius 1 is 1.36 bits per heavy atom. The fourth-order valence-corrected chi connectivity index (χ4v) is 1.93. The molecule has 0 radical (unpaired) electrons. The van der Waals surface area contributed by atoms with Crippen molar-refractivity contribution in [1.82, 2.24) is 9.55 Å². The lowest BCUT2D eigenvalue weighted by atomic mass is 10.2. The number of imidazole rings is 1. The summed E-state index contributed by atoms with van der Waals surface area (Å²) < 4.78 is 6.10. The van der Waals surface area contributed by atoms with E-state index in [1.54, 1.807) is 37.3 Å². The number of hydrogen-bond donors (Lipinski definition) is 1. The summed E-state index contributed by atoms with van der Waals surface area (Å²) in [6, 6.07) is 6.82. The van der Waals surface area contributed by atoms with Crippen LogP contribution in [0, 0.1) is 10.1 Å². The second-order valence-corrected chi connectivity index (χ2v) is 4.92. The zero-order valence-corrected chi connectivity index (χ0v) is 13.4. The molecule has 0 saturated carbocycles. The van der Waals surface area contributed by atoms with Crippen molar-refractivity contribution in [2.45, 2.75) is 13.5 Å². The Morgan fingerprint density at radius 2 is 2.08 bits per heavy atom. The number of nitrogens with zero attached hydrogens (tertiary/aromatic N) is 3. The van der Waals surface area contributed by atoms with Crippen LogP contribution in [0.2, 0.25) is 0 Å². The average molecular weight is 344 g/mol. The molecule has 9 heteroatoms. The number of rotatable bonds is 7. The number of nitro groups is 1. The van der Waals surface area contributed by atoms with Crippen LogP contribution in [-0.4, -0.2) is 33.0 Å². The Labute approximate surface area is 143 Å². The van der Waals surface area contributed by atoms with Crippen molar-refractivity contribution < 1.29 is 19.2 Å². The van der Waals surface area contributed by atoms with E-state index in [0.717, 1.165) is 5.56 Å². The van der Waals surface area contributed by atoms with Gasteiger partial charge in [0.05, 0.1) is 6.61 Å². The maximum Gasteiger partial charge on any atom is 0.381 e. The van der Waals surface area contributed by atoms with Gasteiger partial charge in [-0.2, -0.15) is 0 Å². The van der Waals surface area contributed by atoms with Gasteiger partial charge < -0.3 is 24.7 Å². The average Bonchev–Trinajstić information content (AvgIpc) is 3.03. The summed E-state index contributed by atoms with van der Waals surface area (Å²) in [5, 5.41) is 13.2. The van der Waals surface area contributed by atoms with E-state index < -0.39 is 10.9 Å². The van der Waals surface area contributed by atoms with E-state index in [-0.39, 0.29) is 18.3 Å². The molecule has 1 aromatic carbocycles. The first-order valence-corrected chi connectivity index (χ1v) is 7.39. The molecule has 0 unspecified atom stereocenters. The molecular formula is C16H16N4O5. The molecule has 0 atom stereocenters. The van der Waals surface area contributed by atoms with Crippen LogP contribution >= 0.6 is 0 Å². The highest BCUT2D eigenvalue weighted by Gasteiger charge is 2.12. The Kier molecular flexibility index (Phi) is 5.99. The van der Waals surface area contributed by atoms with E-state index in [4.69, 9.17) is 4.74 Å². The molecule has 0 saturated heterocycles. The molecule has 0 aliphatic carbocycles. The van der Waals surface area contributed by atoms with Crippen LogP contribution < -0.4 is 5.32 Å². The van der Waals surface area contributed by atoms with Crippen LogP contribution in [0.5, 0.6) is 0 Å². The summed E-state index contributed by atoms with van der Waals surface area (Å²) in [6.45, 7) is 1.95. The summed E-state index contributed by atoms with van der Waals surface area (Å²) >= 11 is 0. The second kappa shape index (κ2) is 8.39. The second-order valence-electron chi connectivity index (χ2n) is 4.92. The number of carbonyl (C=O) groups is 2. The van der Waals surface area contributed by atoms with Crippen molar-refractivity contribution >= 4 is 29.5 Å². The molecule has 0 aliphatic rings. The lowest BCUT2D eigenvalue weighted by molar-refractivity contribution is -0.389. The quantitative estimate of drug-likeness (QED) is 0.355. The fraction of sp³-hybridized carbons (Fsp3) is 0.188. The number of nitrogens with one attached hydrogen (secondary N) is 1. The molecule has 1 heterocycles. The number of carbonyl (C=O) groups excluding carboxylic acids is 2. The number of anilines is 1. The smallest absolute Gasteiger partial charge is 0.381 e. The van der Waals surface area contributed by atoms with Gasteiger partial charge in [0.2, 0.25) is 12.2 Å². The van der Waals surface area contributed by atoms with E-state index in [1.165, 1.54) is 23.2 Å². The van der Waals surface area contributed by atoms with E-state index in [0.29, 0.717) is 12.3 Å². The van der Waals surface area contributed by atoms with Gasteiger partial charge in [-0.05, 0) is 40.6 Å². The van der Waals surface area contributed by atoms with Gasteiger partial charge in [-0.25, -0.2) is 4.79 Å². The lowest BCUT2D eigenvalue weighted by Crippen LogP contribution is -2.17. The largest absolute Gasteiger partial charge is 0.463 e. The minimum atomic E-state index is -0.628. The molecule has 1 aromatic heterocycles. The molecule has 130 valence electrons. The topological polar surface area (TPSA) is 116 Å². The van der Waals surface area contributed by atoms with Gasteiger partial charge in [0.15, 0.2) is 0 Å². The van der Waals surface area contributed by atoms with Gasteiger partial charge in [-0.15, -0.1) is 0 Å². The van der Waals surface area contributed by atoms with Crippen LogP contribution in [0.25, 0.3) is 6.08 Å². The summed E-state index contributed by atoms with van der Waals surface area (Å²) in [4.78, 5) is 36.7. The first kappa shape index (κ1) is 17.9. The predicted molar refractivity (Wildman–Crippen MR) is 89.6 cm³/mol. The SMILES string of the molecule is CCOC(=O)C=Cc1ccc(NC(=O)Cn2cnc([N+](=O)[O-])c2)cc1. The molecule has 1 N–H and O–H groups in total. The zero-order valence-electron chi connectivity index (χ0n) is 13.4. The van der Waals surface area contributed by atoms with Crippen LogP contribution in [0.3, 0.4) is 0 Å². The monoisotopic (exact) mass is 344 g/mol. The van der Waals surface area contributed by atoms with E-state index >= 15 is 0 Å². The summed E-state index contributed by atoms with van der Waals surface area (Å²) in [5.74, 6) is -1.08. The molecule has 0 aliphatic heterocycles. The highest BCUT2D eigenvalue weighted by molar-refractivity contribution is 5.91. The normalized spacial score (nSPS) is 10.6. The first-order valence-electron chi connectivity index (χ1n) is 7.39. The van der Waals surface area contributed by atoms with Crippen molar-refractivity contribution in [3.05, 3.63) is 58.5 Å². The maximum atomic E-state index is 11.9. The molecule has 0 fully saturated rings. The van der Waals surface area contributed by atoms with Crippen molar-refractivity contribution in [1.29, 1.82) is 0 Å². The third-order valence-electron chi connectivity index (χ3n) is 3.03. The van der Waals surface area contributed by atoms with E-state index in [2.05, 4.69) is 10.3 Å². The van der Waals surface area contributed by atoms with Gasteiger partial charge in [0.25, 0.3) is 0 Å². The van der Waals surface area contributed by atoms with Gasteiger partial charge in [0, 0.05) is 11.8 Å². The number of hydrogen-bond acceptors (Lipinski definition) is 6. The van der Waals surface area contributed by atoms with Crippen LogP contribution in [0.1, 0.15) is 12.5 Å². The number of aromatic nitrogens is 2. The maximum absolute atomic E-state index is 11.9.